The van der Waals surface area contributed by atoms with E-state index < -0.39 is 0 Å². The minimum Gasteiger partial charge on any atom is -0.309 e. The minimum atomic E-state index is 0.562. The molecule has 1 aromatic heterocycles. The Balaban J connectivity index is 2.07. The van der Waals surface area contributed by atoms with Crippen LogP contribution in [0.5, 0.6) is 0 Å². The lowest BCUT2D eigenvalue weighted by atomic mass is 9.79. The largest absolute Gasteiger partial charge is 0.309 e. The van der Waals surface area contributed by atoms with E-state index in [1.165, 1.54) is 41.5 Å². The van der Waals surface area contributed by atoms with Crippen molar-refractivity contribution in [2.45, 2.75) is 52.0 Å². The Morgan fingerprint density at radius 3 is 2.67 bits per heavy atom. The smallest absolute Gasteiger partial charge is 0.0454 e. The average Bonchev–Trinajstić information content (AvgIpc) is 2.78. The van der Waals surface area contributed by atoms with E-state index in [-0.39, 0.29) is 0 Å². The monoisotopic (exact) mass is 329 g/mol. The minimum absolute atomic E-state index is 0.562. The zero-order valence-corrected chi connectivity index (χ0v) is 13.8. The molecule has 1 aromatic rings. The second kappa shape index (κ2) is 7.06. The normalized spacial score (nSPS) is 26.2. The molecule has 2 rings (SSSR count). The van der Waals surface area contributed by atoms with Crippen molar-refractivity contribution in [2.75, 3.05) is 6.54 Å². The van der Waals surface area contributed by atoms with Gasteiger partial charge >= 0.3 is 0 Å². The summed E-state index contributed by atoms with van der Waals surface area (Å²) >= 11 is 5.60. The summed E-state index contributed by atoms with van der Waals surface area (Å²) in [6.07, 6.45) is 6.78. The van der Waals surface area contributed by atoms with Gasteiger partial charge in [0, 0.05) is 15.4 Å². The number of hydrogen-bond donors (Lipinski definition) is 1. The van der Waals surface area contributed by atoms with Gasteiger partial charge in [-0.25, -0.2) is 0 Å². The van der Waals surface area contributed by atoms with Crippen LogP contribution in [0.25, 0.3) is 0 Å². The average molecular weight is 330 g/mol. The number of hydrogen-bond acceptors (Lipinski definition) is 2. The maximum absolute atomic E-state index is 3.78. The number of nitrogens with one attached hydrogen (secondary N) is 1. The summed E-state index contributed by atoms with van der Waals surface area (Å²) in [6, 6.07) is 2.75. The number of halogens is 1. The zero-order valence-electron chi connectivity index (χ0n) is 11.4. The highest BCUT2D eigenvalue weighted by molar-refractivity contribution is 9.10. The molecule has 0 saturated heterocycles. The second-order valence-electron chi connectivity index (χ2n) is 5.58. The van der Waals surface area contributed by atoms with Crippen molar-refractivity contribution in [3.63, 3.8) is 0 Å². The molecular weight excluding hydrogens is 306 g/mol. The lowest BCUT2D eigenvalue weighted by Gasteiger charge is -2.33. The van der Waals surface area contributed by atoms with E-state index in [4.69, 9.17) is 0 Å². The zero-order chi connectivity index (χ0) is 13.0. The Bertz CT molecular complexity index is 355. The second-order valence-corrected chi connectivity index (χ2v) is 7.39. The Morgan fingerprint density at radius 1 is 1.39 bits per heavy atom. The van der Waals surface area contributed by atoms with Crippen molar-refractivity contribution in [3.05, 3.63) is 20.8 Å². The fourth-order valence-electron chi connectivity index (χ4n) is 2.92. The maximum Gasteiger partial charge on any atom is 0.0454 e. The van der Waals surface area contributed by atoms with Gasteiger partial charge in [0.25, 0.3) is 0 Å². The van der Waals surface area contributed by atoms with Crippen LogP contribution in [-0.4, -0.2) is 6.54 Å². The van der Waals surface area contributed by atoms with E-state index in [9.17, 15) is 0 Å². The van der Waals surface area contributed by atoms with Gasteiger partial charge in [-0.1, -0.05) is 26.7 Å². The third-order valence-corrected chi connectivity index (χ3v) is 6.03. The van der Waals surface area contributed by atoms with Crippen molar-refractivity contribution in [1.82, 2.24) is 5.32 Å². The Morgan fingerprint density at radius 2 is 2.11 bits per heavy atom. The van der Waals surface area contributed by atoms with Crippen LogP contribution in [0, 0.1) is 11.8 Å². The highest BCUT2D eigenvalue weighted by Crippen LogP contribution is 2.40. The number of rotatable bonds is 5. The molecule has 1 atom stereocenters. The molecule has 1 aliphatic rings. The molecule has 0 radical (unpaired) electrons. The van der Waals surface area contributed by atoms with Gasteiger partial charge in [0.2, 0.25) is 0 Å². The molecule has 18 heavy (non-hydrogen) atoms. The summed E-state index contributed by atoms with van der Waals surface area (Å²) in [4.78, 5) is 1.50. The molecule has 0 amide bonds. The molecule has 0 aromatic carbocycles. The van der Waals surface area contributed by atoms with Crippen molar-refractivity contribution >= 4 is 27.3 Å². The third-order valence-electron chi connectivity index (χ3n) is 4.07. The quantitative estimate of drug-likeness (QED) is 0.764. The summed E-state index contributed by atoms with van der Waals surface area (Å²) in [5.41, 5.74) is 0. The fraction of sp³-hybridized carbons (Fsp3) is 0.733. The van der Waals surface area contributed by atoms with Crippen LogP contribution in [0.3, 0.4) is 0 Å². The van der Waals surface area contributed by atoms with Crippen molar-refractivity contribution in [3.8, 4) is 0 Å². The Kier molecular flexibility index (Phi) is 5.71. The van der Waals surface area contributed by atoms with E-state index >= 15 is 0 Å². The maximum atomic E-state index is 3.78. The first-order valence-electron chi connectivity index (χ1n) is 7.18. The summed E-state index contributed by atoms with van der Waals surface area (Å²) < 4.78 is 1.29. The molecule has 1 N–H and O–H groups in total. The first kappa shape index (κ1) is 14.5. The molecule has 1 heterocycles. The summed E-state index contributed by atoms with van der Waals surface area (Å²) in [5.74, 6) is 1.75. The molecule has 0 bridgehead atoms. The van der Waals surface area contributed by atoms with Gasteiger partial charge in [0.1, 0.15) is 0 Å². The molecule has 1 fully saturated rings. The van der Waals surface area contributed by atoms with Crippen LogP contribution in [0.15, 0.2) is 15.9 Å². The molecule has 102 valence electrons. The van der Waals surface area contributed by atoms with E-state index in [1.807, 2.05) is 11.3 Å². The Labute approximate surface area is 123 Å². The lowest BCUT2D eigenvalue weighted by molar-refractivity contribution is 0.233. The summed E-state index contributed by atoms with van der Waals surface area (Å²) in [6.45, 7) is 5.77. The van der Waals surface area contributed by atoms with Gasteiger partial charge in [-0.15, -0.1) is 11.3 Å². The molecule has 1 nitrogen and oxygen atoms in total. The Hall–Kier alpha value is 0.140. The van der Waals surface area contributed by atoms with Crippen LogP contribution in [0.2, 0.25) is 0 Å². The van der Waals surface area contributed by atoms with Gasteiger partial charge in [-0.05, 0) is 65.0 Å². The van der Waals surface area contributed by atoms with Gasteiger partial charge in [-0.2, -0.15) is 0 Å². The topological polar surface area (TPSA) is 12.0 Å². The highest BCUT2D eigenvalue weighted by Gasteiger charge is 2.28. The third kappa shape index (κ3) is 3.58. The summed E-state index contributed by atoms with van der Waals surface area (Å²) in [5, 5.41) is 5.98. The van der Waals surface area contributed by atoms with Crippen LogP contribution >= 0.6 is 27.3 Å². The predicted molar refractivity (Wildman–Crippen MR) is 84.2 cm³/mol. The van der Waals surface area contributed by atoms with E-state index in [0.29, 0.717) is 6.04 Å². The first-order valence-corrected chi connectivity index (χ1v) is 8.86. The summed E-state index contributed by atoms with van der Waals surface area (Å²) in [7, 11) is 0. The van der Waals surface area contributed by atoms with Crippen molar-refractivity contribution in [2.24, 2.45) is 11.8 Å². The standard InChI is InChI=1S/C15H24BrNS/c1-3-9-17-14(15-13(16)8-10-18-15)12-6-4-11(2)5-7-12/h8,10-12,14,17H,3-7,9H2,1-2H3. The van der Waals surface area contributed by atoms with Gasteiger partial charge in [0.15, 0.2) is 0 Å². The molecular formula is C15H24BrNS. The van der Waals surface area contributed by atoms with E-state index in [2.05, 4.69) is 46.5 Å². The van der Waals surface area contributed by atoms with Gasteiger partial charge in [-0.3, -0.25) is 0 Å². The van der Waals surface area contributed by atoms with Gasteiger partial charge in [0.05, 0.1) is 0 Å². The first-order chi connectivity index (χ1) is 8.72. The van der Waals surface area contributed by atoms with Crippen molar-refractivity contribution < 1.29 is 0 Å². The number of thiophene rings is 1. The predicted octanol–water partition coefficient (Wildman–Crippen LogP) is 5.38. The molecule has 3 heteroatoms. The highest BCUT2D eigenvalue weighted by atomic mass is 79.9. The molecule has 1 aliphatic carbocycles. The van der Waals surface area contributed by atoms with Crippen LogP contribution in [0.4, 0.5) is 0 Å². The van der Waals surface area contributed by atoms with Crippen molar-refractivity contribution in [1.29, 1.82) is 0 Å². The molecule has 0 spiro atoms. The fourth-order valence-corrected chi connectivity index (χ4v) is 4.71. The van der Waals surface area contributed by atoms with E-state index in [0.717, 1.165) is 18.4 Å². The van der Waals surface area contributed by atoms with Crippen LogP contribution in [0.1, 0.15) is 56.9 Å². The SMILES string of the molecule is CCCNC(c1sccc1Br)C1CCC(C)CC1. The molecule has 1 saturated carbocycles. The van der Waals surface area contributed by atoms with Crippen LogP contribution < -0.4 is 5.32 Å². The lowest BCUT2D eigenvalue weighted by Crippen LogP contribution is -2.31. The van der Waals surface area contributed by atoms with Gasteiger partial charge < -0.3 is 5.32 Å². The van der Waals surface area contributed by atoms with E-state index in [1.54, 1.807) is 0 Å². The molecule has 1 unspecified atom stereocenters. The van der Waals surface area contributed by atoms with Crippen LogP contribution in [-0.2, 0) is 0 Å². The molecule has 0 aliphatic heterocycles.